The van der Waals surface area contributed by atoms with Crippen molar-refractivity contribution in [1.29, 1.82) is 0 Å². The van der Waals surface area contributed by atoms with Crippen LogP contribution in [-0.4, -0.2) is 140 Å². The first-order valence-electron chi connectivity index (χ1n) is 34.4. The molecule has 0 aromatic heterocycles. The molecule has 0 spiro atoms. The maximum atomic E-state index is 13.3. The molecule has 12 atom stereocenters. The molecule has 2 aliphatic rings. The number of amides is 1. The number of rotatable bonds is 56. The van der Waals surface area contributed by atoms with Crippen LogP contribution < -0.4 is 5.32 Å². The van der Waals surface area contributed by atoms with Gasteiger partial charge in [0.1, 0.15) is 48.8 Å². The van der Waals surface area contributed by atoms with Crippen molar-refractivity contribution in [1.82, 2.24) is 5.32 Å². The highest BCUT2D eigenvalue weighted by Gasteiger charge is 2.51. The highest BCUT2D eigenvalue weighted by molar-refractivity contribution is 5.76. The van der Waals surface area contributed by atoms with Gasteiger partial charge in [0.15, 0.2) is 12.6 Å². The van der Waals surface area contributed by atoms with E-state index in [0.717, 1.165) is 51.4 Å². The zero-order valence-corrected chi connectivity index (χ0v) is 52.7. The lowest BCUT2D eigenvalue weighted by atomic mass is 9.97. The molecule has 14 nitrogen and oxygen atoms in total. The average molecular weight is 1180 g/mol. The summed E-state index contributed by atoms with van der Waals surface area (Å²) in [4.78, 5) is 13.3. The van der Waals surface area contributed by atoms with Crippen LogP contribution in [0.15, 0.2) is 48.6 Å². The Hall–Kier alpha value is -2.05. The van der Waals surface area contributed by atoms with Gasteiger partial charge in [-0.25, -0.2) is 0 Å². The number of unbranched alkanes of at least 4 members (excludes halogenated alkanes) is 37. The Morgan fingerprint density at radius 3 is 1.22 bits per heavy atom. The van der Waals surface area contributed by atoms with Gasteiger partial charge in [-0.05, 0) is 57.8 Å². The normalized spacial score (nSPS) is 24.1. The third kappa shape index (κ3) is 38.8. The summed E-state index contributed by atoms with van der Waals surface area (Å²) in [5.41, 5.74) is 0. The van der Waals surface area contributed by atoms with Gasteiger partial charge >= 0.3 is 0 Å². The maximum absolute atomic E-state index is 13.3. The van der Waals surface area contributed by atoms with Gasteiger partial charge in [-0.15, -0.1) is 0 Å². The first-order chi connectivity index (χ1) is 40.6. The summed E-state index contributed by atoms with van der Waals surface area (Å²) in [6.07, 6.45) is 53.1. The molecular weight excluding hydrogens is 1050 g/mol. The van der Waals surface area contributed by atoms with Crippen LogP contribution in [0.25, 0.3) is 0 Å². The van der Waals surface area contributed by atoms with Crippen molar-refractivity contribution in [3.63, 3.8) is 0 Å². The molecular formula is C69H127NO13. The molecule has 2 fully saturated rings. The van der Waals surface area contributed by atoms with Crippen molar-refractivity contribution in [2.75, 3.05) is 19.8 Å². The van der Waals surface area contributed by atoms with Gasteiger partial charge < -0.3 is 65.1 Å². The van der Waals surface area contributed by atoms with Crippen LogP contribution in [0.3, 0.4) is 0 Å². The lowest BCUT2D eigenvalue weighted by Crippen LogP contribution is -2.65. The predicted molar refractivity (Wildman–Crippen MR) is 337 cm³/mol. The number of aliphatic hydroxyl groups excluding tert-OH is 8. The van der Waals surface area contributed by atoms with Crippen LogP contribution in [0.4, 0.5) is 0 Å². The third-order valence-electron chi connectivity index (χ3n) is 16.8. The number of ether oxygens (including phenoxy) is 4. The Bertz CT molecular complexity index is 1580. The Kier molecular flexibility index (Phi) is 50.2. The number of carbonyl (C=O) groups excluding carboxylic acids is 1. The molecule has 1 amide bonds. The minimum Gasteiger partial charge on any atom is -0.394 e. The monoisotopic (exact) mass is 1180 g/mol. The minimum atomic E-state index is -1.79. The Balaban J connectivity index is 1.64. The van der Waals surface area contributed by atoms with Gasteiger partial charge in [0, 0.05) is 6.42 Å². The summed E-state index contributed by atoms with van der Waals surface area (Å²) in [7, 11) is 0. The molecule has 2 saturated heterocycles. The zero-order valence-electron chi connectivity index (χ0n) is 52.7. The van der Waals surface area contributed by atoms with Crippen molar-refractivity contribution in [2.45, 2.75) is 364 Å². The van der Waals surface area contributed by atoms with E-state index in [9.17, 15) is 45.6 Å². The molecule has 0 radical (unpaired) electrons. The van der Waals surface area contributed by atoms with E-state index in [-0.39, 0.29) is 18.9 Å². The van der Waals surface area contributed by atoms with Crippen molar-refractivity contribution >= 4 is 5.91 Å². The summed E-state index contributed by atoms with van der Waals surface area (Å²) in [5, 5.41) is 87.3. The predicted octanol–water partition coefficient (Wildman–Crippen LogP) is 13.5. The van der Waals surface area contributed by atoms with Crippen molar-refractivity contribution in [3.8, 4) is 0 Å². The number of allylic oxidation sites excluding steroid dienone is 7. The van der Waals surface area contributed by atoms with Gasteiger partial charge in [0.05, 0.1) is 32.0 Å². The largest absolute Gasteiger partial charge is 0.394 e. The highest BCUT2D eigenvalue weighted by atomic mass is 16.7. The van der Waals surface area contributed by atoms with E-state index in [1.807, 2.05) is 6.08 Å². The van der Waals surface area contributed by atoms with E-state index in [0.29, 0.717) is 6.42 Å². The Morgan fingerprint density at radius 1 is 0.434 bits per heavy atom. The van der Waals surface area contributed by atoms with Crippen LogP contribution >= 0.6 is 0 Å². The van der Waals surface area contributed by atoms with E-state index in [2.05, 4.69) is 55.6 Å². The van der Waals surface area contributed by atoms with E-state index in [4.69, 9.17) is 18.9 Å². The fourth-order valence-corrected chi connectivity index (χ4v) is 11.2. The Morgan fingerprint density at radius 2 is 0.795 bits per heavy atom. The van der Waals surface area contributed by atoms with E-state index in [1.165, 1.54) is 212 Å². The topological polar surface area (TPSA) is 228 Å². The van der Waals surface area contributed by atoms with Crippen LogP contribution in [0.2, 0.25) is 0 Å². The summed E-state index contributed by atoms with van der Waals surface area (Å²) in [6, 6.07) is -0.914. The molecule has 486 valence electrons. The lowest BCUT2D eigenvalue weighted by molar-refractivity contribution is -0.359. The van der Waals surface area contributed by atoms with Crippen LogP contribution in [0.5, 0.6) is 0 Å². The molecule has 0 saturated carbocycles. The molecule has 12 unspecified atom stereocenters. The van der Waals surface area contributed by atoms with Gasteiger partial charge in [-0.1, -0.05) is 274 Å². The number of aliphatic hydroxyl groups is 8. The summed E-state index contributed by atoms with van der Waals surface area (Å²) < 4.78 is 22.8. The van der Waals surface area contributed by atoms with Crippen LogP contribution in [0, 0.1) is 0 Å². The van der Waals surface area contributed by atoms with Gasteiger partial charge in [-0.2, -0.15) is 0 Å². The van der Waals surface area contributed by atoms with E-state index < -0.39 is 86.8 Å². The highest BCUT2D eigenvalue weighted by Crippen LogP contribution is 2.30. The molecule has 0 aromatic rings. The second kappa shape index (κ2) is 54.1. The van der Waals surface area contributed by atoms with Gasteiger partial charge in [-0.3, -0.25) is 4.79 Å². The molecule has 0 bridgehead atoms. The minimum absolute atomic E-state index is 0.236. The Labute approximate surface area is 505 Å². The molecule has 83 heavy (non-hydrogen) atoms. The number of hydrogen-bond donors (Lipinski definition) is 9. The molecule has 0 aromatic carbocycles. The average Bonchev–Trinajstić information content (AvgIpc) is 3.63. The molecule has 0 aliphatic carbocycles. The first kappa shape index (κ1) is 77.0. The molecule has 2 rings (SSSR count). The molecule has 2 heterocycles. The maximum Gasteiger partial charge on any atom is 0.220 e. The second-order valence-electron chi connectivity index (χ2n) is 24.3. The summed E-state index contributed by atoms with van der Waals surface area (Å²) >= 11 is 0. The quantitative estimate of drug-likeness (QED) is 0.0204. The second-order valence-corrected chi connectivity index (χ2v) is 24.3. The summed E-state index contributed by atoms with van der Waals surface area (Å²) in [6.45, 7) is 2.81. The first-order valence-corrected chi connectivity index (χ1v) is 34.4. The van der Waals surface area contributed by atoms with Crippen LogP contribution in [-0.2, 0) is 23.7 Å². The fourth-order valence-electron chi connectivity index (χ4n) is 11.2. The van der Waals surface area contributed by atoms with Crippen molar-refractivity contribution in [3.05, 3.63) is 48.6 Å². The fraction of sp³-hybridized carbons (Fsp3) is 0.870. The SMILES string of the molecule is CCCCCCC/C=C\C/C=C\C/C=C\CCCCCCCCCCCCCCCCCCCCC(=O)NC(COC1OC(CO)C(OC2OC(CO)C(O)C(O)C2O)C(O)C1O)C(O)/C=C/CCCCCCCCCCCCCCCC. The van der Waals surface area contributed by atoms with Crippen molar-refractivity contribution in [2.24, 2.45) is 0 Å². The zero-order chi connectivity index (χ0) is 60.2. The van der Waals surface area contributed by atoms with Crippen molar-refractivity contribution < 1.29 is 64.6 Å². The molecule has 9 N–H and O–H groups in total. The standard InChI is InChI=1S/C69H127NO13/c1-3-5-7-9-11-13-15-17-19-21-22-23-24-25-26-27-28-29-30-31-32-33-34-35-36-37-39-41-43-45-47-49-51-53-61(74)70-57(58(73)52-50-48-46-44-42-40-38-20-18-16-14-12-10-8-6-4-2)56-80-68-66(79)64(77)67(60(55-72)82-68)83-69-65(78)63(76)62(75)59(54-71)81-69/h15,17,21-22,24-25,50,52,57-60,62-69,71-73,75-79H,3-14,16,18-20,23,26-49,51,53-56H2,1-2H3,(H,70,74)/b17-15-,22-21-,25-24-,52-50+. The van der Waals surface area contributed by atoms with Gasteiger partial charge in [0.25, 0.3) is 0 Å². The molecule has 2 aliphatic heterocycles. The smallest absolute Gasteiger partial charge is 0.220 e. The number of hydrogen-bond acceptors (Lipinski definition) is 13. The van der Waals surface area contributed by atoms with E-state index >= 15 is 0 Å². The number of carbonyl (C=O) groups is 1. The van der Waals surface area contributed by atoms with E-state index in [1.54, 1.807) is 6.08 Å². The molecule has 14 heteroatoms. The number of nitrogens with one attached hydrogen (secondary N) is 1. The van der Waals surface area contributed by atoms with Crippen LogP contribution in [0.1, 0.15) is 290 Å². The third-order valence-corrected chi connectivity index (χ3v) is 16.8. The lowest BCUT2D eigenvalue weighted by Gasteiger charge is -2.46. The summed E-state index contributed by atoms with van der Waals surface area (Å²) in [5.74, 6) is -0.236. The van der Waals surface area contributed by atoms with Gasteiger partial charge in [0.2, 0.25) is 5.91 Å².